The summed E-state index contributed by atoms with van der Waals surface area (Å²) in [6, 6.07) is 6.34. The molecule has 1 aliphatic rings. The van der Waals surface area contributed by atoms with E-state index in [0.29, 0.717) is 0 Å². The number of hydrogen-bond acceptors (Lipinski definition) is 2. The number of rotatable bonds is 3. The lowest BCUT2D eigenvalue weighted by atomic mass is 9.73. The maximum Gasteiger partial charge on any atom is 0.119 e. The van der Waals surface area contributed by atoms with Crippen molar-refractivity contribution in [2.45, 2.75) is 38.7 Å². The highest BCUT2D eigenvalue weighted by molar-refractivity contribution is 5.41. The fourth-order valence-corrected chi connectivity index (χ4v) is 2.57. The maximum absolute atomic E-state index is 5.73. The molecule has 1 aromatic rings. The van der Waals surface area contributed by atoms with Gasteiger partial charge in [0.2, 0.25) is 0 Å². The molecule has 0 saturated carbocycles. The van der Waals surface area contributed by atoms with Gasteiger partial charge in [0.1, 0.15) is 5.75 Å². The standard InChI is InChI=1S/C14H20O2/c1-4-14(5-2)10-16-9-11-6-7-12(15-3)8-13(11)14/h6-8H,4-5,9-10H2,1-3H3. The van der Waals surface area contributed by atoms with E-state index in [2.05, 4.69) is 26.0 Å². The minimum atomic E-state index is 0.183. The van der Waals surface area contributed by atoms with Gasteiger partial charge >= 0.3 is 0 Å². The van der Waals surface area contributed by atoms with Gasteiger partial charge in [0.05, 0.1) is 20.3 Å². The first kappa shape index (κ1) is 11.5. The molecule has 0 bridgehead atoms. The average molecular weight is 220 g/mol. The van der Waals surface area contributed by atoms with Crippen LogP contribution in [0.5, 0.6) is 5.75 Å². The van der Waals surface area contributed by atoms with Crippen LogP contribution in [0.15, 0.2) is 18.2 Å². The van der Waals surface area contributed by atoms with E-state index in [1.807, 2.05) is 6.07 Å². The molecule has 0 saturated heterocycles. The fourth-order valence-electron chi connectivity index (χ4n) is 2.57. The van der Waals surface area contributed by atoms with Gasteiger partial charge < -0.3 is 9.47 Å². The van der Waals surface area contributed by atoms with Crippen LogP contribution >= 0.6 is 0 Å². The van der Waals surface area contributed by atoms with E-state index < -0.39 is 0 Å². The molecule has 0 aromatic heterocycles. The molecule has 0 fully saturated rings. The lowest BCUT2D eigenvalue weighted by Crippen LogP contribution is -2.35. The molecule has 0 aliphatic carbocycles. The average Bonchev–Trinajstić information content (AvgIpc) is 2.37. The Morgan fingerprint density at radius 1 is 1.31 bits per heavy atom. The summed E-state index contributed by atoms with van der Waals surface area (Å²) in [6.07, 6.45) is 2.23. The molecule has 0 N–H and O–H groups in total. The molecule has 0 unspecified atom stereocenters. The first-order valence-corrected chi connectivity index (χ1v) is 6.01. The van der Waals surface area contributed by atoms with Gasteiger partial charge in [-0.3, -0.25) is 0 Å². The SMILES string of the molecule is CCC1(CC)COCc2ccc(OC)cc21. The van der Waals surface area contributed by atoms with Crippen molar-refractivity contribution >= 4 is 0 Å². The van der Waals surface area contributed by atoms with Crippen molar-refractivity contribution in [3.63, 3.8) is 0 Å². The predicted molar refractivity (Wildman–Crippen MR) is 64.9 cm³/mol. The summed E-state index contributed by atoms with van der Waals surface area (Å²) in [4.78, 5) is 0. The van der Waals surface area contributed by atoms with Gasteiger partial charge in [-0.1, -0.05) is 19.9 Å². The van der Waals surface area contributed by atoms with Crippen LogP contribution in [-0.4, -0.2) is 13.7 Å². The second-order valence-electron chi connectivity index (χ2n) is 4.50. The summed E-state index contributed by atoms with van der Waals surface area (Å²) in [5.41, 5.74) is 2.92. The van der Waals surface area contributed by atoms with Gasteiger partial charge in [0.25, 0.3) is 0 Å². The topological polar surface area (TPSA) is 18.5 Å². The molecule has 1 aliphatic heterocycles. The molecule has 16 heavy (non-hydrogen) atoms. The van der Waals surface area contributed by atoms with Gasteiger partial charge in [0.15, 0.2) is 0 Å². The molecular weight excluding hydrogens is 200 g/mol. The Labute approximate surface area is 97.6 Å². The van der Waals surface area contributed by atoms with Crippen LogP contribution in [0, 0.1) is 0 Å². The summed E-state index contributed by atoms with van der Waals surface area (Å²) in [7, 11) is 1.72. The maximum atomic E-state index is 5.73. The van der Waals surface area contributed by atoms with Crippen LogP contribution in [0.3, 0.4) is 0 Å². The first-order chi connectivity index (χ1) is 7.75. The molecule has 1 heterocycles. The molecule has 0 radical (unpaired) electrons. The third-order valence-electron chi connectivity index (χ3n) is 3.88. The van der Waals surface area contributed by atoms with Gasteiger partial charge in [-0.25, -0.2) is 0 Å². The van der Waals surface area contributed by atoms with Crippen molar-refractivity contribution in [1.82, 2.24) is 0 Å². The zero-order valence-electron chi connectivity index (χ0n) is 10.4. The van der Waals surface area contributed by atoms with Gasteiger partial charge in [0, 0.05) is 5.41 Å². The van der Waals surface area contributed by atoms with E-state index in [1.54, 1.807) is 7.11 Å². The Balaban J connectivity index is 2.50. The lowest BCUT2D eigenvalue weighted by Gasteiger charge is -2.37. The molecule has 1 aromatic carbocycles. The Kier molecular flexibility index (Phi) is 3.20. The zero-order chi connectivity index (χ0) is 11.6. The molecule has 0 spiro atoms. The van der Waals surface area contributed by atoms with Crippen molar-refractivity contribution in [1.29, 1.82) is 0 Å². The predicted octanol–water partition coefficient (Wildman–Crippen LogP) is 3.28. The Hall–Kier alpha value is -1.02. The van der Waals surface area contributed by atoms with Gasteiger partial charge in [-0.15, -0.1) is 0 Å². The number of methoxy groups -OCH3 is 1. The highest BCUT2D eigenvalue weighted by Crippen LogP contribution is 2.39. The quantitative estimate of drug-likeness (QED) is 0.778. The number of hydrogen-bond donors (Lipinski definition) is 0. The molecule has 2 nitrogen and oxygen atoms in total. The summed E-state index contributed by atoms with van der Waals surface area (Å²) >= 11 is 0. The molecule has 88 valence electrons. The van der Waals surface area contributed by atoms with Crippen molar-refractivity contribution in [2.75, 3.05) is 13.7 Å². The minimum Gasteiger partial charge on any atom is -0.497 e. The Morgan fingerprint density at radius 2 is 2.06 bits per heavy atom. The third kappa shape index (κ3) is 1.71. The summed E-state index contributed by atoms with van der Waals surface area (Å²) < 4.78 is 11.0. The highest BCUT2D eigenvalue weighted by Gasteiger charge is 2.34. The van der Waals surface area contributed by atoms with Crippen molar-refractivity contribution in [2.24, 2.45) is 0 Å². The zero-order valence-corrected chi connectivity index (χ0v) is 10.4. The number of ether oxygens (including phenoxy) is 2. The highest BCUT2D eigenvalue weighted by atomic mass is 16.5. The second kappa shape index (κ2) is 4.46. The second-order valence-corrected chi connectivity index (χ2v) is 4.50. The van der Waals surface area contributed by atoms with Crippen LogP contribution in [0.1, 0.15) is 37.8 Å². The Bertz CT molecular complexity index is 367. The third-order valence-corrected chi connectivity index (χ3v) is 3.88. The molecular formula is C14H20O2. The lowest BCUT2D eigenvalue weighted by molar-refractivity contribution is 0.0469. The van der Waals surface area contributed by atoms with Crippen molar-refractivity contribution < 1.29 is 9.47 Å². The fraction of sp³-hybridized carbons (Fsp3) is 0.571. The Morgan fingerprint density at radius 3 is 2.69 bits per heavy atom. The van der Waals surface area contributed by atoms with E-state index in [1.165, 1.54) is 11.1 Å². The largest absolute Gasteiger partial charge is 0.497 e. The normalized spacial score (nSPS) is 17.9. The van der Waals surface area contributed by atoms with E-state index >= 15 is 0 Å². The molecule has 2 heteroatoms. The minimum absolute atomic E-state index is 0.183. The van der Waals surface area contributed by atoms with E-state index in [-0.39, 0.29) is 5.41 Å². The summed E-state index contributed by atoms with van der Waals surface area (Å²) in [6.45, 7) is 6.05. The van der Waals surface area contributed by atoms with Crippen molar-refractivity contribution in [3.8, 4) is 5.75 Å². The summed E-state index contributed by atoms with van der Waals surface area (Å²) in [5, 5.41) is 0. The van der Waals surface area contributed by atoms with E-state index in [9.17, 15) is 0 Å². The monoisotopic (exact) mass is 220 g/mol. The van der Waals surface area contributed by atoms with Crippen molar-refractivity contribution in [3.05, 3.63) is 29.3 Å². The van der Waals surface area contributed by atoms with Gasteiger partial charge in [-0.05, 0) is 36.1 Å². The number of benzene rings is 1. The van der Waals surface area contributed by atoms with Crippen LogP contribution in [0.4, 0.5) is 0 Å². The first-order valence-electron chi connectivity index (χ1n) is 6.01. The van der Waals surface area contributed by atoms with E-state index in [4.69, 9.17) is 9.47 Å². The van der Waals surface area contributed by atoms with Gasteiger partial charge in [-0.2, -0.15) is 0 Å². The van der Waals surface area contributed by atoms with E-state index in [0.717, 1.165) is 31.8 Å². The van der Waals surface area contributed by atoms with Crippen LogP contribution in [0.2, 0.25) is 0 Å². The smallest absolute Gasteiger partial charge is 0.119 e. The molecule has 0 atom stereocenters. The molecule has 0 amide bonds. The summed E-state index contributed by atoms with van der Waals surface area (Å²) in [5.74, 6) is 0.951. The van der Waals surface area contributed by atoms with Crippen LogP contribution in [-0.2, 0) is 16.8 Å². The molecule has 2 rings (SSSR count). The van der Waals surface area contributed by atoms with Crippen LogP contribution in [0.25, 0.3) is 0 Å². The number of fused-ring (bicyclic) bond motifs is 1. The van der Waals surface area contributed by atoms with Crippen LogP contribution < -0.4 is 4.74 Å².